The molecule has 5 atom stereocenters. The summed E-state index contributed by atoms with van der Waals surface area (Å²) in [5, 5.41) is 41.6. The van der Waals surface area contributed by atoms with Crippen molar-refractivity contribution in [3.63, 3.8) is 0 Å². The Bertz CT molecular complexity index is 951. The molecule has 1 aliphatic heterocycles. The van der Waals surface area contributed by atoms with E-state index in [1.165, 1.54) is 24.0 Å². The topological polar surface area (TPSA) is 220 Å². The average Bonchev–Trinajstić information content (AvgIpc) is 3.27. The Labute approximate surface area is 200 Å². The molecule has 35 heavy (non-hydrogen) atoms. The molecule has 3 amide bonds. The third-order valence-electron chi connectivity index (χ3n) is 5.60. The van der Waals surface area contributed by atoms with Crippen LogP contribution in [0.3, 0.4) is 0 Å². The van der Waals surface area contributed by atoms with E-state index in [0.29, 0.717) is 12.0 Å². The molecule has 8 N–H and O–H groups in total. The lowest BCUT2D eigenvalue weighted by molar-refractivity contribution is -0.148. The molecule has 0 saturated carbocycles. The van der Waals surface area contributed by atoms with Crippen LogP contribution in [0.15, 0.2) is 24.3 Å². The van der Waals surface area contributed by atoms with E-state index in [2.05, 4.69) is 5.32 Å². The molecule has 5 unspecified atom stereocenters. The largest absolute Gasteiger partial charge is 0.508 e. The number of carboxylic acids is 2. The van der Waals surface area contributed by atoms with E-state index in [-0.39, 0.29) is 25.1 Å². The zero-order valence-corrected chi connectivity index (χ0v) is 19.1. The number of carboxylic acid groups (broad SMARTS) is 2. The number of aliphatic carboxylic acids is 2. The summed E-state index contributed by atoms with van der Waals surface area (Å²) < 4.78 is 0. The van der Waals surface area contributed by atoms with Crippen LogP contribution in [0.1, 0.15) is 31.7 Å². The highest BCUT2D eigenvalue weighted by Gasteiger charge is 2.39. The van der Waals surface area contributed by atoms with Gasteiger partial charge in [-0.3, -0.25) is 19.2 Å². The molecule has 1 aromatic rings. The summed E-state index contributed by atoms with van der Waals surface area (Å²) in [6.07, 6.45) is -1.38. The number of carbonyl (C=O) groups is 5. The van der Waals surface area contributed by atoms with Gasteiger partial charge in [0.1, 0.15) is 23.9 Å². The van der Waals surface area contributed by atoms with Crippen LogP contribution >= 0.6 is 0 Å². The van der Waals surface area contributed by atoms with Gasteiger partial charge in [-0.1, -0.05) is 12.1 Å². The number of phenolic OH excluding ortho intramolecular Hbond substituents is 1. The van der Waals surface area contributed by atoms with Crippen molar-refractivity contribution in [3.8, 4) is 5.75 Å². The maximum Gasteiger partial charge on any atom is 0.326 e. The zero-order valence-electron chi connectivity index (χ0n) is 19.1. The summed E-state index contributed by atoms with van der Waals surface area (Å²) in [5.74, 6) is -5.29. The minimum absolute atomic E-state index is 0.0688. The molecule has 0 aliphatic carbocycles. The molecule has 0 spiro atoms. The number of rotatable bonds is 11. The number of benzene rings is 1. The SMILES string of the molecule is CC(O)C(NC(=O)C1CCCN1C(=O)C(N)Cc1ccc(O)cc1)C(=O)NC(CC(=O)O)C(=O)O. The van der Waals surface area contributed by atoms with Crippen molar-refractivity contribution in [2.45, 2.75) is 62.9 Å². The van der Waals surface area contributed by atoms with Crippen LogP contribution < -0.4 is 16.4 Å². The first-order chi connectivity index (χ1) is 16.4. The van der Waals surface area contributed by atoms with Gasteiger partial charge in [-0.05, 0) is 43.9 Å². The van der Waals surface area contributed by atoms with E-state index in [9.17, 15) is 34.2 Å². The molecule has 0 aromatic heterocycles. The van der Waals surface area contributed by atoms with Gasteiger partial charge in [0.05, 0.1) is 18.6 Å². The Morgan fingerprint density at radius 2 is 1.74 bits per heavy atom. The lowest BCUT2D eigenvalue weighted by Crippen LogP contribution is -2.59. The molecule has 0 radical (unpaired) electrons. The predicted molar refractivity (Wildman–Crippen MR) is 120 cm³/mol. The number of phenols is 1. The summed E-state index contributed by atoms with van der Waals surface area (Å²) >= 11 is 0. The van der Waals surface area contributed by atoms with E-state index in [4.69, 9.17) is 15.9 Å². The number of nitrogens with zero attached hydrogens (tertiary/aromatic N) is 1. The third-order valence-corrected chi connectivity index (χ3v) is 5.60. The quantitative estimate of drug-likeness (QED) is 0.182. The fraction of sp³-hybridized carbons (Fsp3) is 0.500. The maximum absolute atomic E-state index is 12.9. The van der Waals surface area contributed by atoms with Crippen molar-refractivity contribution in [2.75, 3.05) is 6.54 Å². The number of carbonyl (C=O) groups excluding carboxylic acids is 3. The Kier molecular flexibility index (Phi) is 9.54. The van der Waals surface area contributed by atoms with E-state index < -0.39 is 66.4 Å². The minimum atomic E-state index is -1.76. The Morgan fingerprint density at radius 1 is 1.11 bits per heavy atom. The fourth-order valence-electron chi connectivity index (χ4n) is 3.78. The van der Waals surface area contributed by atoms with Gasteiger partial charge in [0.2, 0.25) is 17.7 Å². The van der Waals surface area contributed by atoms with Crippen LogP contribution in [-0.4, -0.2) is 91.8 Å². The molecule has 13 nitrogen and oxygen atoms in total. The number of hydrogen-bond acceptors (Lipinski definition) is 8. The van der Waals surface area contributed by atoms with Crippen molar-refractivity contribution in [2.24, 2.45) is 5.73 Å². The van der Waals surface area contributed by atoms with Crippen LogP contribution in [0.4, 0.5) is 0 Å². The van der Waals surface area contributed by atoms with Crippen molar-refractivity contribution in [1.29, 1.82) is 0 Å². The molecular weight excluding hydrogens is 464 g/mol. The molecule has 1 saturated heterocycles. The van der Waals surface area contributed by atoms with E-state index >= 15 is 0 Å². The van der Waals surface area contributed by atoms with E-state index in [1.54, 1.807) is 12.1 Å². The monoisotopic (exact) mass is 494 g/mol. The van der Waals surface area contributed by atoms with Crippen molar-refractivity contribution in [3.05, 3.63) is 29.8 Å². The standard InChI is InChI=1S/C22H30N4O9/c1-11(27)18(20(32)24-15(22(34)35)10-17(29)30)25-19(31)16-3-2-8-26(16)21(33)14(23)9-12-4-6-13(28)7-5-12/h4-7,11,14-16,18,27-28H,2-3,8-10,23H2,1H3,(H,24,32)(H,25,31)(H,29,30)(H,34,35). The number of aliphatic hydroxyl groups is 1. The number of hydrogen-bond donors (Lipinski definition) is 7. The summed E-state index contributed by atoms with van der Waals surface area (Å²) in [5.41, 5.74) is 6.77. The van der Waals surface area contributed by atoms with Gasteiger partial charge in [0, 0.05) is 6.54 Å². The fourth-order valence-corrected chi connectivity index (χ4v) is 3.78. The van der Waals surface area contributed by atoms with Crippen molar-refractivity contribution in [1.82, 2.24) is 15.5 Å². The lowest BCUT2D eigenvalue weighted by atomic mass is 10.0. The number of amides is 3. The van der Waals surface area contributed by atoms with Gasteiger partial charge in [-0.15, -0.1) is 0 Å². The second-order valence-corrected chi connectivity index (χ2v) is 8.39. The maximum atomic E-state index is 12.9. The molecule has 0 bridgehead atoms. The van der Waals surface area contributed by atoms with Gasteiger partial charge in [-0.2, -0.15) is 0 Å². The first kappa shape index (κ1) is 27.5. The zero-order chi connectivity index (χ0) is 26.3. The van der Waals surface area contributed by atoms with Crippen molar-refractivity contribution < 1.29 is 44.4 Å². The highest BCUT2D eigenvalue weighted by molar-refractivity contribution is 5.95. The van der Waals surface area contributed by atoms with Crippen LogP contribution in [0.5, 0.6) is 5.75 Å². The Hall–Kier alpha value is -3.71. The number of nitrogens with one attached hydrogen (secondary N) is 2. The van der Waals surface area contributed by atoms with Gasteiger partial charge < -0.3 is 41.7 Å². The summed E-state index contributed by atoms with van der Waals surface area (Å²) in [7, 11) is 0. The molecule has 13 heteroatoms. The molecule has 2 rings (SSSR count). The van der Waals surface area contributed by atoms with Crippen LogP contribution in [0, 0.1) is 0 Å². The Morgan fingerprint density at radius 3 is 2.29 bits per heavy atom. The number of nitrogens with two attached hydrogens (primary N) is 1. The Balaban J connectivity index is 2.06. The number of likely N-dealkylation sites (tertiary alicyclic amines) is 1. The minimum Gasteiger partial charge on any atom is -0.508 e. The van der Waals surface area contributed by atoms with Crippen LogP contribution in [0.2, 0.25) is 0 Å². The number of aliphatic hydroxyl groups excluding tert-OH is 1. The van der Waals surface area contributed by atoms with Crippen molar-refractivity contribution >= 4 is 29.7 Å². The summed E-state index contributed by atoms with van der Waals surface area (Å²) in [6, 6.07) is 0.903. The molecular formula is C22H30N4O9. The van der Waals surface area contributed by atoms with Gasteiger partial charge in [0.25, 0.3) is 0 Å². The molecule has 1 heterocycles. The first-order valence-electron chi connectivity index (χ1n) is 11.0. The van der Waals surface area contributed by atoms with Crippen LogP contribution in [0.25, 0.3) is 0 Å². The molecule has 1 aliphatic rings. The predicted octanol–water partition coefficient (Wildman–Crippen LogP) is -1.84. The lowest BCUT2D eigenvalue weighted by Gasteiger charge is -2.29. The number of aromatic hydroxyl groups is 1. The summed E-state index contributed by atoms with van der Waals surface area (Å²) in [4.78, 5) is 61.7. The smallest absolute Gasteiger partial charge is 0.326 e. The molecule has 192 valence electrons. The average molecular weight is 495 g/mol. The van der Waals surface area contributed by atoms with Crippen LogP contribution in [-0.2, 0) is 30.4 Å². The first-order valence-corrected chi connectivity index (χ1v) is 11.0. The normalized spacial score (nSPS) is 18.7. The van der Waals surface area contributed by atoms with Gasteiger partial charge in [-0.25, -0.2) is 4.79 Å². The van der Waals surface area contributed by atoms with E-state index in [0.717, 1.165) is 0 Å². The molecule has 1 fully saturated rings. The molecule has 1 aromatic carbocycles. The summed E-state index contributed by atoms with van der Waals surface area (Å²) in [6.45, 7) is 1.45. The van der Waals surface area contributed by atoms with E-state index in [1.807, 2.05) is 5.32 Å². The van der Waals surface area contributed by atoms with Gasteiger partial charge >= 0.3 is 11.9 Å². The second kappa shape index (κ2) is 12.1. The second-order valence-electron chi connectivity index (χ2n) is 8.39. The highest BCUT2D eigenvalue weighted by Crippen LogP contribution is 2.20. The highest BCUT2D eigenvalue weighted by atomic mass is 16.4. The van der Waals surface area contributed by atoms with Gasteiger partial charge in [0.15, 0.2) is 0 Å². The third kappa shape index (κ3) is 7.65.